The van der Waals surface area contributed by atoms with Crippen LogP contribution in [0.25, 0.3) is 11.4 Å². The van der Waals surface area contributed by atoms with Gasteiger partial charge in [-0.25, -0.2) is 0 Å². The van der Waals surface area contributed by atoms with Crippen LogP contribution in [0.2, 0.25) is 0 Å². The maximum Gasteiger partial charge on any atom is 0.224 e. The lowest BCUT2D eigenvalue weighted by Crippen LogP contribution is -1.99. The minimum Gasteiger partial charge on any atom is -0.508 e. The Hall–Kier alpha value is -2.24. The molecule has 0 radical (unpaired) electrons. The quantitative estimate of drug-likeness (QED) is 0.701. The molecule has 0 unspecified atom stereocenters. The molecule has 0 fully saturated rings. The van der Waals surface area contributed by atoms with Crippen molar-refractivity contribution in [2.75, 3.05) is 12.4 Å². The van der Waals surface area contributed by atoms with Gasteiger partial charge >= 0.3 is 0 Å². The Balaban J connectivity index is 2.54. The van der Waals surface area contributed by atoms with Crippen molar-refractivity contribution in [1.29, 1.82) is 0 Å². The highest BCUT2D eigenvalue weighted by atomic mass is 16.3. The molecule has 84 valence electrons. The van der Waals surface area contributed by atoms with E-state index in [1.807, 2.05) is 0 Å². The van der Waals surface area contributed by atoms with E-state index in [1.54, 1.807) is 24.7 Å². The van der Waals surface area contributed by atoms with Gasteiger partial charge in [-0.1, -0.05) is 0 Å². The Kier molecular flexibility index (Phi) is 2.40. The van der Waals surface area contributed by atoms with Crippen molar-refractivity contribution >= 4 is 5.95 Å². The maximum atomic E-state index is 9.69. The molecule has 16 heavy (non-hydrogen) atoms. The summed E-state index contributed by atoms with van der Waals surface area (Å²) < 4.78 is 1.71. The lowest BCUT2D eigenvalue weighted by atomic mass is 10.2. The Bertz CT molecular complexity index is 522. The molecule has 2 aromatic rings. The predicted molar refractivity (Wildman–Crippen MR) is 59.3 cm³/mol. The van der Waals surface area contributed by atoms with E-state index in [4.69, 9.17) is 0 Å². The van der Waals surface area contributed by atoms with Gasteiger partial charge in [0.2, 0.25) is 5.95 Å². The largest absolute Gasteiger partial charge is 0.508 e. The van der Waals surface area contributed by atoms with Crippen LogP contribution in [0.1, 0.15) is 0 Å². The van der Waals surface area contributed by atoms with Gasteiger partial charge in [0.1, 0.15) is 11.5 Å². The average molecular weight is 220 g/mol. The molecule has 6 heteroatoms. The van der Waals surface area contributed by atoms with Gasteiger partial charge in [-0.05, 0) is 12.1 Å². The van der Waals surface area contributed by atoms with Gasteiger partial charge in [-0.2, -0.15) is 0 Å². The third-order valence-corrected chi connectivity index (χ3v) is 2.32. The average Bonchev–Trinajstić information content (AvgIpc) is 2.60. The number of nitrogens with zero attached hydrogens (tertiary/aromatic N) is 3. The number of aromatic nitrogens is 3. The van der Waals surface area contributed by atoms with E-state index in [2.05, 4.69) is 15.5 Å². The zero-order valence-electron chi connectivity index (χ0n) is 8.97. The smallest absolute Gasteiger partial charge is 0.224 e. The molecule has 0 spiro atoms. The first-order valence-corrected chi connectivity index (χ1v) is 4.73. The molecule has 3 N–H and O–H groups in total. The topological polar surface area (TPSA) is 83.2 Å². The van der Waals surface area contributed by atoms with E-state index >= 15 is 0 Å². The second kappa shape index (κ2) is 3.73. The van der Waals surface area contributed by atoms with E-state index in [1.165, 1.54) is 12.1 Å². The summed E-state index contributed by atoms with van der Waals surface area (Å²) in [5.41, 5.74) is 0.523. The molecule has 1 aromatic carbocycles. The molecule has 0 aliphatic heterocycles. The molecule has 0 aliphatic rings. The second-order valence-corrected chi connectivity index (χ2v) is 3.36. The van der Waals surface area contributed by atoms with E-state index in [9.17, 15) is 10.2 Å². The fourth-order valence-electron chi connectivity index (χ4n) is 1.49. The lowest BCUT2D eigenvalue weighted by molar-refractivity contribution is 0.451. The number of rotatable bonds is 2. The lowest BCUT2D eigenvalue weighted by Gasteiger charge is -2.05. The first-order chi connectivity index (χ1) is 7.63. The highest BCUT2D eigenvalue weighted by Crippen LogP contribution is 2.31. The van der Waals surface area contributed by atoms with Crippen molar-refractivity contribution in [2.24, 2.45) is 7.05 Å². The number of benzene rings is 1. The van der Waals surface area contributed by atoms with Crippen LogP contribution in [0.4, 0.5) is 5.95 Å². The Morgan fingerprint density at radius 3 is 2.56 bits per heavy atom. The number of hydrogen-bond donors (Lipinski definition) is 3. The van der Waals surface area contributed by atoms with Crippen molar-refractivity contribution in [3.63, 3.8) is 0 Å². The Morgan fingerprint density at radius 2 is 2.00 bits per heavy atom. The van der Waals surface area contributed by atoms with Crippen LogP contribution in [0.5, 0.6) is 11.5 Å². The van der Waals surface area contributed by atoms with Crippen molar-refractivity contribution < 1.29 is 10.2 Å². The zero-order valence-corrected chi connectivity index (χ0v) is 8.97. The fraction of sp³-hybridized carbons (Fsp3) is 0.200. The van der Waals surface area contributed by atoms with E-state index in [0.29, 0.717) is 17.3 Å². The SMILES string of the molecule is CNc1nnc(-c2ccc(O)cc2O)n1C. The normalized spacial score (nSPS) is 10.4. The summed E-state index contributed by atoms with van der Waals surface area (Å²) in [7, 11) is 3.53. The van der Waals surface area contributed by atoms with Crippen molar-refractivity contribution in [3.8, 4) is 22.9 Å². The number of nitrogens with one attached hydrogen (secondary N) is 1. The van der Waals surface area contributed by atoms with Gasteiger partial charge in [0, 0.05) is 20.2 Å². The first kappa shape index (κ1) is 10.3. The molecule has 6 nitrogen and oxygen atoms in total. The number of phenolic OH excluding ortho intramolecular Hbond substituents is 2. The second-order valence-electron chi connectivity index (χ2n) is 3.36. The summed E-state index contributed by atoms with van der Waals surface area (Å²) in [6.07, 6.45) is 0. The number of aromatic hydroxyl groups is 2. The third kappa shape index (κ3) is 1.54. The molecule has 1 aromatic heterocycles. The van der Waals surface area contributed by atoms with Gasteiger partial charge in [0.05, 0.1) is 5.56 Å². The van der Waals surface area contributed by atoms with Crippen LogP contribution in [-0.2, 0) is 7.05 Å². The molecule has 0 aliphatic carbocycles. The first-order valence-electron chi connectivity index (χ1n) is 4.73. The number of hydrogen-bond acceptors (Lipinski definition) is 5. The highest BCUT2D eigenvalue weighted by molar-refractivity contribution is 5.66. The van der Waals surface area contributed by atoms with Crippen LogP contribution in [0, 0.1) is 0 Å². The summed E-state index contributed by atoms with van der Waals surface area (Å²) in [5, 5.41) is 29.6. The third-order valence-electron chi connectivity index (χ3n) is 2.32. The monoisotopic (exact) mass is 220 g/mol. The van der Waals surface area contributed by atoms with Gasteiger partial charge in [0.25, 0.3) is 0 Å². The Morgan fingerprint density at radius 1 is 1.25 bits per heavy atom. The van der Waals surface area contributed by atoms with E-state index < -0.39 is 0 Å². The van der Waals surface area contributed by atoms with Crippen LogP contribution in [-0.4, -0.2) is 32.0 Å². The standard InChI is InChI=1S/C10H12N4O2/c1-11-10-13-12-9(14(10)2)7-4-3-6(15)5-8(7)16/h3-5,15-16H,1-2H3,(H,11,13). The summed E-state index contributed by atoms with van der Waals surface area (Å²) in [5.74, 6) is 1.11. The summed E-state index contributed by atoms with van der Waals surface area (Å²) in [4.78, 5) is 0. The molecule has 0 saturated heterocycles. The van der Waals surface area contributed by atoms with Gasteiger partial charge in [-0.15, -0.1) is 10.2 Å². The molecular weight excluding hydrogens is 208 g/mol. The molecule has 1 heterocycles. The van der Waals surface area contributed by atoms with Gasteiger partial charge in [0.15, 0.2) is 5.82 Å². The minimum atomic E-state index is -0.0295. The number of anilines is 1. The van der Waals surface area contributed by atoms with Crippen LogP contribution >= 0.6 is 0 Å². The van der Waals surface area contributed by atoms with Crippen LogP contribution < -0.4 is 5.32 Å². The molecule has 0 amide bonds. The predicted octanol–water partition coefficient (Wildman–Crippen LogP) is 0.935. The summed E-state index contributed by atoms with van der Waals surface area (Å²) in [6, 6.07) is 4.35. The van der Waals surface area contributed by atoms with Crippen molar-refractivity contribution in [2.45, 2.75) is 0 Å². The highest BCUT2D eigenvalue weighted by Gasteiger charge is 2.13. The van der Waals surface area contributed by atoms with Gasteiger partial charge < -0.3 is 15.5 Å². The molecular formula is C10H12N4O2. The van der Waals surface area contributed by atoms with Crippen molar-refractivity contribution in [1.82, 2.24) is 14.8 Å². The fourth-order valence-corrected chi connectivity index (χ4v) is 1.49. The maximum absolute atomic E-state index is 9.69. The van der Waals surface area contributed by atoms with Crippen LogP contribution in [0.15, 0.2) is 18.2 Å². The zero-order chi connectivity index (χ0) is 11.7. The van der Waals surface area contributed by atoms with Crippen LogP contribution in [0.3, 0.4) is 0 Å². The summed E-state index contributed by atoms with van der Waals surface area (Å²) in [6.45, 7) is 0. The van der Waals surface area contributed by atoms with Gasteiger partial charge in [-0.3, -0.25) is 4.57 Å². The van der Waals surface area contributed by atoms with Crippen molar-refractivity contribution in [3.05, 3.63) is 18.2 Å². The van der Waals surface area contributed by atoms with E-state index in [0.717, 1.165) is 0 Å². The van der Waals surface area contributed by atoms with E-state index in [-0.39, 0.29) is 11.5 Å². The molecule has 0 atom stereocenters. The minimum absolute atomic E-state index is 0.0114. The molecule has 0 saturated carbocycles. The summed E-state index contributed by atoms with van der Waals surface area (Å²) >= 11 is 0. The Labute approximate surface area is 92.2 Å². The molecule has 2 rings (SSSR count). The number of phenols is 2. The molecule has 0 bridgehead atoms.